The summed E-state index contributed by atoms with van der Waals surface area (Å²) < 4.78 is 9.65. The van der Waals surface area contributed by atoms with Crippen LogP contribution in [0.1, 0.15) is 0 Å². The van der Waals surface area contributed by atoms with Crippen molar-refractivity contribution in [2.24, 2.45) is 0 Å². The van der Waals surface area contributed by atoms with Crippen molar-refractivity contribution in [1.82, 2.24) is 23.1 Å². The highest BCUT2D eigenvalue weighted by Crippen LogP contribution is 2.41. The topological polar surface area (TPSA) is 32.1 Å². The molecule has 0 atom stereocenters. The third kappa shape index (κ3) is 5.39. The summed E-state index contributed by atoms with van der Waals surface area (Å²) in [6.45, 7) is 0. The van der Waals surface area contributed by atoms with Crippen LogP contribution in [0.2, 0.25) is 0 Å². The number of para-hydroxylation sites is 7. The molecule has 0 unspecified atom stereocenters. The molecule has 10 aromatic carbocycles. The second-order valence-electron chi connectivity index (χ2n) is 17.5. The zero-order valence-corrected chi connectivity index (χ0v) is 37.4. The van der Waals surface area contributed by atoms with Gasteiger partial charge in [0.2, 0.25) is 5.78 Å². The van der Waals surface area contributed by atoms with Gasteiger partial charge in [0.25, 0.3) is 0 Å². The van der Waals surface area contributed by atoms with Crippen LogP contribution >= 0.6 is 0 Å². The van der Waals surface area contributed by atoms with Crippen LogP contribution in [-0.4, -0.2) is 31.2 Å². The second-order valence-corrected chi connectivity index (χ2v) is 21.3. The van der Waals surface area contributed by atoms with Crippen molar-refractivity contribution in [2.45, 2.75) is 0 Å². The van der Waals surface area contributed by atoms with E-state index < -0.39 is 8.07 Å². The maximum Gasteiger partial charge on any atom is 0.220 e. The molecule has 14 aromatic rings. The predicted molar refractivity (Wildman–Crippen MR) is 282 cm³/mol. The van der Waals surface area contributed by atoms with Crippen molar-refractivity contribution in [1.29, 1.82) is 0 Å². The molecular weight excluding hydrogens is 831 g/mol. The quantitative estimate of drug-likeness (QED) is 0.116. The van der Waals surface area contributed by atoms with Crippen LogP contribution in [-0.2, 0) is 0 Å². The fourth-order valence-electron chi connectivity index (χ4n) is 11.4. The summed E-state index contributed by atoms with van der Waals surface area (Å²) >= 11 is 0. The molecule has 0 spiro atoms. The molecule has 0 aliphatic heterocycles. The second kappa shape index (κ2) is 14.7. The molecule has 0 saturated heterocycles. The fraction of sp³-hybridized carbons (Fsp3) is 0. The van der Waals surface area contributed by atoms with E-state index in [0.717, 1.165) is 55.9 Å². The first-order chi connectivity index (χ1) is 33.3. The Kier molecular flexibility index (Phi) is 8.23. The van der Waals surface area contributed by atoms with Crippen LogP contribution in [0.4, 0.5) is 0 Å². The van der Waals surface area contributed by atoms with E-state index in [-0.39, 0.29) is 0 Å². The molecule has 314 valence electrons. The van der Waals surface area contributed by atoms with E-state index >= 15 is 0 Å². The Morgan fingerprint density at radius 3 is 1.45 bits per heavy atom. The molecule has 6 heteroatoms. The van der Waals surface area contributed by atoms with E-state index in [2.05, 4.69) is 267 Å². The van der Waals surface area contributed by atoms with Gasteiger partial charge in [0.15, 0.2) is 8.07 Å². The minimum atomic E-state index is -2.88. The van der Waals surface area contributed by atoms with E-state index in [1.165, 1.54) is 53.3 Å². The Hall–Kier alpha value is -8.71. The molecule has 5 nitrogen and oxygen atoms in total. The van der Waals surface area contributed by atoms with Crippen LogP contribution in [0.15, 0.2) is 249 Å². The van der Waals surface area contributed by atoms with Gasteiger partial charge in [-0.25, -0.2) is 4.98 Å². The van der Waals surface area contributed by atoms with Gasteiger partial charge in [-0.1, -0.05) is 182 Å². The smallest absolute Gasteiger partial charge is 0.220 e. The molecule has 0 N–H and O–H groups in total. The summed E-state index contributed by atoms with van der Waals surface area (Å²) in [7, 11) is -2.88. The van der Waals surface area contributed by atoms with Crippen molar-refractivity contribution in [3.05, 3.63) is 249 Å². The van der Waals surface area contributed by atoms with Gasteiger partial charge < -0.3 is 9.13 Å². The van der Waals surface area contributed by atoms with Gasteiger partial charge in [0, 0.05) is 27.2 Å². The maximum atomic E-state index is 5.28. The zero-order valence-electron chi connectivity index (χ0n) is 36.4. The van der Waals surface area contributed by atoms with E-state index in [0.29, 0.717) is 0 Å². The first-order valence-corrected chi connectivity index (χ1v) is 25.0. The summed E-state index contributed by atoms with van der Waals surface area (Å²) in [6.07, 6.45) is 0. The number of benzene rings is 10. The first-order valence-electron chi connectivity index (χ1n) is 23.0. The van der Waals surface area contributed by atoms with Gasteiger partial charge in [-0.2, -0.15) is 0 Å². The molecule has 0 radical (unpaired) electrons. The molecule has 0 aliphatic carbocycles. The molecule has 14 rings (SSSR count). The summed E-state index contributed by atoms with van der Waals surface area (Å²) in [5.74, 6) is 0.891. The number of nitrogens with zero attached hydrogens (tertiary/aromatic N) is 5. The van der Waals surface area contributed by atoms with Crippen molar-refractivity contribution < 1.29 is 0 Å². The number of fused-ring (bicyclic) bond motifs is 11. The van der Waals surface area contributed by atoms with Crippen molar-refractivity contribution >= 4 is 100 Å². The number of rotatable bonds is 7. The van der Waals surface area contributed by atoms with Gasteiger partial charge in [-0.3, -0.25) is 8.97 Å². The molecule has 4 aromatic heterocycles. The van der Waals surface area contributed by atoms with Crippen LogP contribution < -0.4 is 20.7 Å². The number of hydrogen-bond donors (Lipinski definition) is 0. The van der Waals surface area contributed by atoms with Crippen molar-refractivity contribution in [2.75, 3.05) is 0 Å². The van der Waals surface area contributed by atoms with Gasteiger partial charge in [-0.05, 0) is 87.5 Å². The molecule has 0 aliphatic rings. The predicted octanol–water partition coefficient (Wildman–Crippen LogP) is 12.0. The average molecular weight is 872 g/mol. The average Bonchev–Trinajstić information content (AvgIpc) is 4.13. The molecule has 0 fully saturated rings. The highest BCUT2D eigenvalue weighted by molar-refractivity contribution is 7.19. The molecule has 67 heavy (non-hydrogen) atoms. The molecular formula is C61H41N5Si. The van der Waals surface area contributed by atoms with Gasteiger partial charge in [0.1, 0.15) is 0 Å². The SMILES string of the molecule is c1ccc([Si](c2ccccc2)(c2ccccc2)c2cccc(-n3c4cc(-n5c6ccccc6n6c7ccccc7nc56)ccc4c4cccc(-n5c6ccccc6c6ccccc65)c43)c2)cc1. The lowest BCUT2D eigenvalue weighted by molar-refractivity contribution is 1.10. The van der Waals surface area contributed by atoms with Crippen molar-refractivity contribution in [3.8, 4) is 17.1 Å². The highest BCUT2D eigenvalue weighted by atomic mass is 28.3. The van der Waals surface area contributed by atoms with E-state index in [9.17, 15) is 0 Å². The summed E-state index contributed by atoms with van der Waals surface area (Å²) in [6, 6.07) is 91.7. The van der Waals surface area contributed by atoms with Gasteiger partial charge >= 0.3 is 0 Å². The Bertz CT molecular complexity index is 4070. The third-order valence-electron chi connectivity index (χ3n) is 14.1. The fourth-order valence-corrected chi connectivity index (χ4v) is 16.1. The van der Waals surface area contributed by atoms with E-state index in [1.807, 2.05) is 0 Å². The number of hydrogen-bond acceptors (Lipinski definition) is 1. The van der Waals surface area contributed by atoms with Gasteiger partial charge in [0.05, 0.1) is 55.5 Å². The largest absolute Gasteiger partial charge is 0.307 e. The highest BCUT2D eigenvalue weighted by Gasteiger charge is 2.41. The molecule has 0 bridgehead atoms. The maximum absolute atomic E-state index is 5.28. The van der Waals surface area contributed by atoms with E-state index in [4.69, 9.17) is 4.98 Å². The lowest BCUT2D eigenvalue weighted by Crippen LogP contribution is -2.74. The van der Waals surface area contributed by atoms with Crippen LogP contribution in [0.5, 0.6) is 0 Å². The van der Waals surface area contributed by atoms with E-state index in [1.54, 1.807) is 0 Å². The van der Waals surface area contributed by atoms with Gasteiger partial charge in [-0.15, -0.1) is 0 Å². The minimum Gasteiger partial charge on any atom is -0.307 e. The normalized spacial score (nSPS) is 12.2. The van der Waals surface area contributed by atoms with Crippen LogP contribution in [0.25, 0.3) is 88.5 Å². The Balaban J connectivity index is 1.12. The third-order valence-corrected chi connectivity index (χ3v) is 18.9. The number of imidazole rings is 2. The first kappa shape index (κ1) is 37.6. The molecule has 4 heterocycles. The van der Waals surface area contributed by atoms with Crippen LogP contribution in [0.3, 0.4) is 0 Å². The Morgan fingerprint density at radius 2 is 0.791 bits per heavy atom. The lowest BCUT2D eigenvalue weighted by Gasteiger charge is -2.34. The summed E-state index contributed by atoms with van der Waals surface area (Å²) in [4.78, 5) is 5.28. The molecule has 0 saturated carbocycles. The van der Waals surface area contributed by atoms with Crippen molar-refractivity contribution in [3.63, 3.8) is 0 Å². The zero-order chi connectivity index (χ0) is 44.1. The summed E-state index contributed by atoms with van der Waals surface area (Å²) in [5.41, 5.74) is 12.2. The molecule has 0 amide bonds. The number of aromatic nitrogens is 5. The monoisotopic (exact) mass is 871 g/mol. The Morgan fingerprint density at radius 1 is 0.299 bits per heavy atom. The minimum absolute atomic E-state index is 0.891. The lowest BCUT2D eigenvalue weighted by atomic mass is 10.1. The summed E-state index contributed by atoms with van der Waals surface area (Å²) in [5, 5.41) is 10.2. The Labute approximate surface area is 387 Å². The standard InChI is InChI=1S/C61H41N5Si/c1-4-21-44(22-5-1)67(45-23-6-2-7-24-45,46-25-8-3-9-26-46)47-27-18-20-42(40-47)63-59-41-43(64-56-35-16-17-36-57(56)66-55-34-15-12-31-52(55)62-61(64)66)38-39-50(59)51-30-19-37-58(60(51)63)65-53-32-13-10-28-48(53)49-29-11-14-33-54(49)65/h1-41H. The van der Waals surface area contributed by atoms with Crippen LogP contribution in [0, 0.1) is 0 Å².